The van der Waals surface area contributed by atoms with Gasteiger partial charge in [-0.25, -0.2) is 9.89 Å². The first-order valence-electron chi connectivity index (χ1n) is 8.97. The maximum Gasteiger partial charge on any atom is 0.246 e. The number of aliphatic imine (C=N–C) groups is 1. The Kier molecular flexibility index (Phi) is 4.76. The minimum absolute atomic E-state index is 0.00991. The van der Waals surface area contributed by atoms with E-state index >= 15 is 0 Å². The zero-order valence-electron chi connectivity index (χ0n) is 15.1. The molecule has 0 N–H and O–H groups in total. The zero-order chi connectivity index (χ0) is 19.5. The Balaban J connectivity index is 1.81. The number of hydrogen-bond acceptors (Lipinski definition) is 6. The molecule has 2 aliphatic heterocycles. The molecule has 2 aliphatic rings. The van der Waals surface area contributed by atoms with Gasteiger partial charge in [-0.2, -0.15) is 10.5 Å². The van der Waals surface area contributed by atoms with Gasteiger partial charge < -0.3 is 9.64 Å². The van der Waals surface area contributed by atoms with Crippen LogP contribution in [-0.2, 0) is 9.53 Å². The number of rotatable bonds is 2. The van der Waals surface area contributed by atoms with Gasteiger partial charge in [0.25, 0.3) is 0 Å². The third-order valence-corrected chi connectivity index (χ3v) is 4.82. The quantitative estimate of drug-likeness (QED) is 0.757. The molecule has 4 rings (SSSR count). The molecule has 1 saturated heterocycles. The number of carbonyl (C=O) groups excluding carboxylic acids is 1. The summed E-state index contributed by atoms with van der Waals surface area (Å²) >= 11 is 0. The van der Waals surface area contributed by atoms with Crippen molar-refractivity contribution in [3.8, 4) is 12.3 Å². The second-order valence-electron chi connectivity index (χ2n) is 6.53. The van der Waals surface area contributed by atoms with Crippen molar-refractivity contribution < 1.29 is 9.53 Å². The molecule has 2 heterocycles. The monoisotopic (exact) mass is 371 g/mol. The average Bonchev–Trinajstić information content (AvgIpc) is 2.89. The topological polar surface area (TPSA) is 92.7 Å². The number of ether oxygens (including phenoxy) is 1. The van der Waals surface area contributed by atoms with E-state index in [9.17, 15) is 10.1 Å². The Labute approximate surface area is 162 Å². The number of fused-ring (bicyclic) bond motifs is 1. The summed E-state index contributed by atoms with van der Waals surface area (Å²) in [6.45, 7) is 2.88. The second kappa shape index (κ2) is 7.51. The molecule has 2 aromatic rings. The van der Waals surface area contributed by atoms with Crippen molar-refractivity contribution in [2.75, 3.05) is 36.1 Å². The summed E-state index contributed by atoms with van der Waals surface area (Å²) in [4.78, 5) is 20.7. The molecule has 0 saturated carbocycles. The Morgan fingerprint density at radius 2 is 1.89 bits per heavy atom. The maximum absolute atomic E-state index is 12.7. The molecule has 7 nitrogen and oxygen atoms in total. The summed E-state index contributed by atoms with van der Waals surface area (Å²) in [5.74, 6) is -0.346. The van der Waals surface area contributed by atoms with E-state index in [2.05, 4.69) is 11.0 Å². The van der Waals surface area contributed by atoms with Gasteiger partial charge >= 0.3 is 0 Å². The summed E-state index contributed by atoms with van der Waals surface area (Å²) in [7, 11) is 0. The highest BCUT2D eigenvalue weighted by molar-refractivity contribution is 6.18. The molecular weight excluding hydrogens is 354 g/mol. The maximum atomic E-state index is 12.7. The van der Waals surface area contributed by atoms with Crippen LogP contribution in [0.15, 0.2) is 47.5 Å². The molecule has 0 spiro atoms. The van der Waals surface area contributed by atoms with Gasteiger partial charge in [0.2, 0.25) is 5.91 Å². The van der Waals surface area contributed by atoms with Crippen molar-refractivity contribution in [1.29, 1.82) is 10.5 Å². The molecule has 28 heavy (non-hydrogen) atoms. The lowest BCUT2D eigenvalue weighted by Crippen LogP contribution is -2.36. The van der Waals surface area contributed by atoms with Gasteiger partial charge in [-0.15, -0.1) is 0 Å². The summed E-state index contributed by atoms with van der Waals surface area (Å²) in [5.41, 5.74) is 3.75. The van der Waals surface area contributed by atoms with E-state index in [1.165, 1.54) is 0 Å². The summed E-state index contributed by atoms with van der Waals surface area (Å²) in [6.07, 6.45) is 1.96. The molecule has 0 radical (unpaired) electrons. The lowest BCUT2D eigenvalue weighted by Gasteiger charge is -2.29. The van der Waals surface area contributed by atoms with Crippen LogP contribution in [0.3, 0.4) is 0 Å². The molecular formula is C21H17N5O2. The smallest absolute Gasteiger partial charge is 0.246 e. The van der Waals surface area contributed by atoms with Crippen LogP contribution in [-0.4, -0.2) is 37.9 Å². The normalized spacial score (nSPS) is 16.5. The van der Waals surface area contributed by atoms with E-state index in [1.54, 1.807) is 24.3 Å². The summed E-state index contributed by atoms with van der Waals surface area (Å²) in [6, 6.07) is 14.7. The lowest BCUT2D eigenvalue weighted by molar-refractivity contribution is -0.116. The number of carbonyl (C=O) groups is 1. The van der Waals surface area contributed by atoms with E-state index in [-0.39, 0.29) is 12.3 Å². The van der Waals surface area contributed by atoms with Gasteiger partial charge in [-0.1, -0.05) is 12.1 Å². The highest BCUT2D eigenvalue weighted by atomic mass is 16.5. The van der Waals surface area contributed by atoms with Crippen LogP contribution in [0.5, 0.6) is 0 Å². The standard InChI is InChI=1S/C21H17N5O2/c22-13-15-2-1-3-16(10-15)18-12-21(27)26(14-23)20-5-4-17(11-19(20)24-18)25-6-8-28-9-7-25/h1-5,10-11H,6-9,12H2. The van der Waals surface area contributed by atoms with Gasteiger partial charge in [0.1, 0.15) is 0 Å². The van der Waals surface area contributed by atoms with Gasteiger partial charge in [0.05, 0.1) is 48.4 Å². The van der Waals surface area contributed by atoms with Crippen LogP contribution >= 0.6 is 0 Å². The van der Waals surface area contributed by atoms with E-state index in [0.717, 1.165) is 23.7 Å². The van der Waals surface area contributed by atoms with Crippen molar-refractivity contribution in [3.05, 3.63) is 53.6 Å². The fourth-order valence-electron chi connectivity index (χ4n) is 3.39. The predicted molar refractivity (Wildman–Crippen MR) is 105 cm³/mol. The SMILES string of the molecule is N#Cc1cccc(C2=Nc3cc(N4CCOCC4)ccc3N(C#N)C(=O)C2)c1. The third-order valence-electron chi connectivity index (χ3n) is 4.82. The largest absolute Gasteiger partial charge is 0.378 e. The molecule has 1 fully saturated rings. The molecule has 0 bridgehead atoms. The van der Waals surface area contributed by atoms with Crippen LogP contribution in [0.25, 0.3) is 0 Å². The van der Waals surface area contributed by atoms with E-state index in [0.29, 0.717) is 41.4 Å². The highest BCUT2D eigenvalue weighted by Crippen LogP contribution is 2.36. The molecule has 1 amide bonds. The van der Waals surface area contributed by atoms with Gasteiger partial charge in [0.15, 0.2) is 6.19 Å². The van der Waals surface area contributed by atoms with E-state index < -0.39 is 0 Å². The zero-order valence-corrected chi connectivity index (χ0v) is 15.1. The average molecular weight is 371 g/mol. The Morgan fingerprint density at radius 1 is 1.07 bits per heavy atom. The number of nitrogens with zero attached hydrogens (tertiary/aromatic N) is 5. The minimum atomic E-state index is -0.346. The second-order valence-corrected chi connectivity index (χ2v) is 6.53. The van der Waals surface area contributed by atoms with Crippen LogP contribution in [0.1, 0.15) is 17.5 Å². The Bertz CT molecular complexity index is 1040. The molecule has 0 aliphatic carbocycles. The molecule has 7 heteroatoms. The van der Waals surface area contributed by atoms with Crippen LogP contribution in [0, 0.1) is 22.8 Å². The van der Waals surface area contributed by atoms with Crippen molar-refractivity contribution in [2.24, 2.45) is 4.99 Å². The van der Waals surface area contributed by atoms with Crippen molar-refractivity contribution in [2.45, 2.75) is 6.42 Å². The van der Waals surface area contributed by atoms with Crippen molar-refractivity contribution in [1.82, 2.24) is 0 Å². The molecule has 2 aromatic carbocycles. The predicted octanol–water partition coefficient (Wildman–Crippen LogP) is 2.73. The highest BCUT2D eigenvalue weighted by Gasteiger charge is 2.26. The first kappa shape index (κ1) is 17.7. The summed E-state index contributed by atoms with van der Waals surface area (Å²) < 4.78 is 5.41. The van der Waals surface area contributed by atoms with Gasteiger partial charge in [-0.05, 0) is 35.9 Å². The molecule has 0 unspecified atom stereocenters. The number of benzene rings is 2. The van der Waals surface area contributed by atoms with Crippen LogP contribution in [0.2, 0.25) is 0 Å². The van der Waals surface area contributed by atoms with Gasteiger partial charge in [0, 0.05) is 18.8 Å². The molecule has 0 atom stereocenters. The number of morpholine rings is 1. The number of hydrogen-bond donors (Lipinski definition) is 0. The van der Waals surface area contributed by atoms with Gasteiger partial charge in [-0.3, -0.25) is 4.79 Å². The first-order valence-corrected chi connectivity index (χ1v) is 8.97. The fraction of sp³-hybridized carbons (Fsp3) is 0.238. The molecule has 138 valence electrons. The number of nitriles is 2. The van der Waals surface area contributed by atoms with Crippen molar-refractivity contribution in [3.63, 3.8) is 0 Å². The number of anilines is 2. The first-order chi connectivity index (χ1) is 13.7. The van der Waals surface area contributed by atoms with Crippen LogP contribution < -0.4 is 9.80 Å². The number of amides is 1. The Hall–Kier alpha value is -3.68. The fourth-order valence-corrected chi connectivity index (χ4v) is 3.39. The van der Waals surface area contributed by atoms with Crippen molar-refractivity contribution >= 4 is 28.7 Å². The summed E-state index contributed by atoms with van der Waals surface area (Å²) in [5, 5.41) is 18.7. The molecule has 0 aromatic heterocycles. The van der Waals surface area contributed by atoms with E-state index in [1.807, 2.05) is 24.4 Å². The third kappa shape index (κ3) is 3.32. The lowest BCUT2D eigenvalue weighted by atomic mass is 10.0. The van der Waals surface area contributed by atoms with E-state index in [4.69, 9.17) is 15.0 Å². The Morgan fingerprint density at radius 3 is 2.64 bits per heavy atom. The van der Waals surface area contributed by atoms with Crippen LogP contribution in [0.4, 0.5) is 17.1 Å². The minimum Gasteiger partial charge on any atom is -0.378 e.